The van der Waals surface area contributed by atoms with Crippen LogP contribution in [0.1, 0.15) is 30.5 Å². The van der Waals surface area contributed by atoms with E-state index >= 15 is 0 Å². The van der Waals surface area contributed by atoms with Gasteiger partial charge in [-0.25, -0.2) is 0 Å². The number of hydrogen-bond acceptors (Lipinski definition) is 3. The highest BCUT2D eigenvalue weighted by Gasteiger charge is 2.04. The average Bonchev–Trinajstić information content (AvgIpc) is 2.53. The van der Waals surface area contributed by atoms with Gasteiger partial charge in [-0.1, -0.05) is 36.4 Å². The average molecular weight is 283 g/mol. The summed E-state index contributed by atoms with van der Waals surface area (Å²) in [6.45, 7) is 5.32. The predicted octanol–water partition coefficient (Wildman–Crippen LogP) is 3.25. The van der Waals surface area contributed by atoms with Crippen LogP contribution in [0.25, 0.3) is 0 Å². The Balaban J connectivity index is 1.63. The van der Waals surface area contributed by atoms with E-state index in [0.29, 0.717) is 6.04 Å². The highest BCUT2D eigenvalue weighted by molar-refractivity contribution is 5.14. The fraction of sp³-hybridized carbons (Fsp3) is 0.389. The molecule has 0 aliphatic rings. The van der Waals surface area contributed by atoms with Crippen molar-refractivity contribution < 1.29 is 0 Å². The number of aromatic nitrogens is 1. The molecule has 0 radical (unpaired) electrons. The third-order valence-electron chi connectivity index (χ3n) is 3.65. The van der Waals surface area contributed by atoms with E-state index in [2.05, 4.69) is 65.6 Å². The van der Waals surface area contributed by atoms with E-state index in [1.54, 1.807) is 0 Å². The molecule has 1 heterocycles. The summed E-state index contributed by atoms with van der Waals surface area (Å²) in [5.74, 6) is 0. The summed E-state index contributed by atoms with van der Waals surface area (Å²) in [5, 5.41) is 3.55. The van der Waals surface area contributed by atoms with Gasteiger partial charge in [-0.2, -0.15) is 0 Å². The molecular weight excluding hydrogens is 258 g/mol. The smallest absolute Gasteiger partial charge is 0.0315 e. The second-order valence-corrected chi connectivity index (χ2v) is 5.54. The first-order valence-corrected chi connectivity index (χ1v) is 7.61. The van der Waals surface area contributed by atoms with Gasteiger partial charge in [0.15, 0.2) is 0 Å². The topological polar surface area (TPSA) is 28.2 Å². The first-order chi connectivity index (χ1) is 10.3. The van der Waals surface area contributed by atoms with Crippen molar-refractivity contribution in [1.29, 1.82) is 0 Å². The van der Waals surface area contributed by atoms with Gasteiger partial charge in [-0.15, -0.1) is 0 Å². The molecule has 1 unspecified atom stereocenters. The molecule has 3 nitrogen and oxygen atoms in total. The van der Waals surface area contributed by atoms with Crippen molar-refractivity contribution in [3.63, 3.8) is 0 Å². The fourth-order valence-electron chi connectivity index (χ4n) is 2.39. The quantitative estimate of drug-likeness (QED) is 0.754. The highest BCUT2D eigenvalue weighted by Crippen LogP contribution is 2.09. The lowest BCUT2D eigenvalue weighted by atomic mass is 10.1. The molecule has 1 atom stereocenters. The number of rotatable bonds is 8. The van der Waals surface area contributed by atoms with Crippen molar-refractivity contribution in [1.82, 2.24) is 15.2 Å². The molecule has 2 aromatic rings. The van der Waals surface area contributed by atoms with Gasteiger partial charge in [0.05, 0.1) is 0 Å². The van der Waals surface area contributed by atoms with E-state index in [4.69, 9.17) is 0 Å². The molecule has 21 heavy (non-hydrogen) atoms. The van der Waals surface area contributed by atoms with E-state index in [-0.39, 0.29) is 0 Å². The van der Waals surface area contributed by atoms with E-state index in [9.17, 15) is 0 Å². The van der Waals surface area contributed by atoms with Crippen molar-refractivity contribution in [2.75, 3.05) is 20.1 Å². The monoisotopic (exact) mass is 283 g/mol. The molecule has 0 fully saturated rings. The Kier molecular flexibility index (Phi) is 6.38. The summed E-state index contributed by atoms with van der Waals surface area (Å²) < 4.78 is 0. The number of benzene rings is 1. The van der Waals surface area contributed by atoms with Crippen molar-refractivity contribution in [2.45, 2.75) is 25.9 Å². The number of nitrogens with one attached hydrogen (secondary N) is 1. The minimum Gasteiger partial charge on any atom is -0.310 e. The zero-order valence-corrected chi connectivity index (χ0v) is 13.0. The Morgan fingerprint density at radius 3 is 2.67 bits per heavy atom. The summed E-state index contributed by atoms with van der Waals surface area (Å²) in [7, 11) is 2.18. The Morgan fingerprint density at radius 2 is 1.95 bits per heavy atom. The molecule has 1 aromatic carbocycles. The predicted molar refractivity (Wildman–Crippen MR) is 88.0 cm³/mol. The van der Waals surface area contributed by atoms with Crippen LogP contribution in [0.3, 0.4) is 0 Å². The molecular formula is C18H25N3. The Morgan fingerprint density at radius 1 is 1.14 bits per heavy atom. The molecule has 1 N–H and O–H groups in total. The van der Waals surface area contributed by atoms with Gasteiger partial charge in [0.25, 0.3) is 0 Å². The van der Waals surface area contributed by atoms with Crippen LogP contribution in [0.5, 0.6) is 0 Å². The standard InChI is InChI=1S/C18H25N3/c1-16(18-10-6-11-19-14-18)20-12-7-13-21(2)15-17-8-4-3-5-9-17/h3-6,8-11,14,16,20H,7,12-13,15H2,1-2H3. The first-order valence-electron chi connectivity index (χ1n) is 7.61. The molecule has 0 amide bonds. The van der Waals surface area contributed by atoms with Crippen LogP contribution in [0.15, 0.2) is 54.9 Å². The molecule has 0 saturated heterocycles. The van der Waals surface area contributed by atoms with Crippen molar-refractivity contribution in [3.05, 3.63) is 66.0 Å². The molecule has 2 rings (SSSR count). The second-order valence-electron chi connectivity index (χ2n) is 5.54. The van der Waals surface area contributed by atoms with Crippen LogP contribution < -0.4 is 5.32 Å². The van der Waals surface area contributed by atoms with Gasteiger partial charge in [0.2, 0.25) is 0 Å². The van der Waals surface area contributed by atoms with Crippen LogP contribution in [0.4, 0.5) is 0 Å². The maximum absolute atomic E-state index is 4.16. The van der Waals surface area contributed by atoms with Crippen LogP contribution in [0.2, 0.25) is 0 Å². The van der Waals surface area contributed by atoms with Crippen molar-refractivity contribution in [3.8, 4) is 0 Å². The molecule has 0 aliphatic carbocycles. The van der Waals surface area contributed by atoms with Crippen LogP contribution in [-0.4, -0.2) is 30.0 Å². The Bertz CT molecular complexity index is 498. The Hall–Kier alpha value is -1.71. The largest absolute Gasteiger partial charge is 0.310 e. The molecule has 0 aliphatic heterocycles. The number of hydrogen-bond donors (Lipinski definition) is 1. The van der Waals surface area contributed by atoms with Gasteiger partial charge >= 0.3 is 0 Å². The van der Waals surface area contributed by atoms with Crippen molar-refractivity contribution >= 4 is 0 Å². The molecule has 0 spiro atoms. The molecule has 0 saturated carbocycles. The third-order valence-corrected chi connectivity index (χ3v) is 3.65. The van der Waals surface area contributed by atoms with Gasteiger partial charge in [-0.05, 0) is 50.7 Å². The lowest BCUT2D eigenvalue weighted by Gasteiger charge is -2.18. The lowest BCUT2D eigenvalue weighted by Crippen LogP contribution is -2.25. The molecule has 1 aromatic heterocycles. The highest BCUT2D eigenvalue weighted by atomic mass is 15.1. The van der Waals surface area contributed by atoms with E-state index in [1.165, 1.54) is 11.1 Å². The number of pyridine rings is 1. The van der Waals surface area contributed by atoms with Gasteiger partial charge < -0.3 is 10.2 Å². The van der Waals surface area contributed by atoms with E-state index in [0.717, 1.165) is 26.1 Å². The number of nitrogens with zero attached hydrogens (tertiary/aromatic N) is 2. The summed E-state index contributed by atoms with van der Waals surface area (Å²) >= 11 is 0. The van der Waals surface area contributed by atoms with E-state index in [1.807, 2.05) is 18.5 Å². The second kappa shape index (κ2) is 8.55. The minimum atomic E-state index is 0.359. The van der Waals surface area contributed by atoms with Gasteiger partial charge in [0, 0.05) is 25.0 Å². The summed E-state index contributed by atoms with van der Waals surface area (Å²) in [5.41, 5.74) is 2.62. The Labute approximate surface area is 128 Å². The first kappa shape index (κ1) is 15.7. The minimum absolute atomic E-state index is 0.359. The maximum atomic E-state index is 4.16. The zero-order chi connectivity index (χ0) is 14.9. The molecule has 0 bridgehead atoms. The lowest BCUT2D eigenvalue weighted by molar-refractivity contribution is 0.317. The summed E-state index contributed by atoms with van der Waals surface area (Å²) in [6, 6.07) is 15.1. The third kappa shape index (κ3) is 5.66. The molecule has 112 valence electrons. The zero-order valence-electron chi connectivity index (χ0n) is 13.0. The van der Waals surface area contributed by atoms with Gasteiger partial charge in [0.1, 0.15) is 0 Å². The van der Waals surface area contributed by atoms with E-state index < -0.39 is 0 Å². The fourth-order valence-corrected chi connectivity index (χ4v) is 2.39. The molecule has 3 heteroatoms. The maximum Gasteiger partial charge on any atom is 0.0315 e. The SMILES string of the molecule is CC(NCCCN(C)Cc1ccccc1)c1cccnc1. The van der Waals surface area contributed by atoms with Crippen molar-refractivity contribution in [2.24, 2.45) is 0 Å². The van der Waals surface area contributed by atoms with Crippen LogP contribution in [-0.2, 0) is 6.54 Å². The summed E-state index contributed by atoms with van der Waals surface area (Å²) in [6.07, 6.45) is 4.89. The van der Waals surface area contributed by atoms with Crippen LogP contribution >= 0.6 is 0 Å². The van der Waals surface area contributed by atoms with Crippen LogP contribution in [0, 0.1) is 0 Å². The normalized spacial score (nSPS) is 12.5. The van der Waals surface area contributed by atoms with Gasteiger partial charge in [-0.3, -0.25) is 4.98 Å². The summed E-state index contributed by atoms with van der Waals surface area (Å²) in [4.78, 5) is 6.53.